The summed E-state index contributed by atoms with van der Waals surface area (Å²) in [6, 6.07) is 0. The van der Waals surface area contributed by atoms with Crippen LogP contribution in [0.4, 0.5) is 5.95 Å². The number of thioether (sulfide) groups is 1. The van der Waals surface area contributed by atoms with Gasteiger partial charge in [0.2, 0.25) is 11.8 Å². The number of aryl methyl sites for hydroxylation is 1. The summed E-state index contributed by atoms with van der Waals surface area (Å²) in [4.78, 5) is 5.99. The lowest BCUT2D eigenvalue weighted by atomic mass is 10.3. The maximum absolute atomic E-state index is 5.44. The molecule has 0 fully saturated rings. The normalized spacial score (nSPS) is 10.8. The fourth-order valence-electron chi connectivity index (χ4n) is 1.22. The van der Waals surface area contributed by atoms with Crippen molar-refractivity contribution >= 4 is 17.7 Å². The average molecular weight is 269 g/mol. The van der Waals surface area contributed by atoms with Crippen molar-refractivity contribution in [3.63, 3.8) is 0 Å². The lowest BCUT2D eigenvalue weighted by molar-refractivity contribution is 0.388. The molecule has 0 radical (unpaired) electrons. The Morgan fingerprint density at radius 2 is 2.06 bits per heavy atom. The van der Waals surface area contributed by atoms with E-state index < -0.39 is 0 Å². The first kappa shape index (κ1) is 12.9. The third-order valence-electron chi connectivity index (χ3n) is 2.09. The summed E-state index contributed by atoms with van der Waals surface area (Å²) in [6.45, 7) is 2.07. The average Bonchev–Trinajstić information content (AvgIpc) is 2.95. The molecule has 2 aromatic heterocycles. The Bertz CT molecular complexity index is 496. The molecule has 7 nitrogen and oxygen atoms in total. The van der Waals surface area contributed by atoms with Gasteiger partial charge in [-0.3, -0.25) is 0 Å². The van der Waals surface area contributed by atoms with Crippen molar-refractivity contribution in [3.8, 4) is 0 Å². The van der Waals surface area contributed by atoms with Crippen LogP contribution in [0.3, 0.4) is 0 Å². The minimum Gasteiger partial charge on any atom is -0.416 e. The molecule has 98 valence electrons. The maximum Gasteiger partial charge on any atom is 0.277 e. The molecule has 0 aliphatic rings. The van der Waals surface area contributed by atoms with Crippen LogP contribution in [-0.4, -0.2) is 34.4 Å². The molecule has 0 N–H and O–H groups in total. The smallest absolute Gasteiger partial charge is 0.277 e. The fraction of sp³-hybridized carbons (Fsp3) is 0.600. The van der Waals surface area contributed by atoms with E-state index in [9.17, 15) is 0 Å². The molecule has 2 heterocycles. The minimum atomic E-state index is 0.522. The van der Waals surface area contributed by atoms with E-state index >= 15 is 0 Å². The van der Waals surface area contributed by atoms with Gasteiger partial charge in [0.1, 0.15) is 0 Å². The zero-order valence-corrected chi connectivity index (χ0v) is 11.4. The van der Waals surface area contributed by atoms with Gasteiger partial charge in [-0.2, -0.15) is 4.98 Å². The van der Waals surface area contributed by atoms with Crippen LogP contribution in [0.5, 0.6) is 0 Å². The van der Waals surface area contributed by atoms with Crippen LogP contribution in [0.15, 0.2) is 14.2 Å². The van der Waals surface area contributed by atoms with E-state index in [0.717, 1.165) is 12.8 Å². The predicted octanol–water partition coefficient (Wildman–Crippen LogP) is 1.76. The van der Waals surface area contributed by atoms with E-state index in [1.165, 1.54) is 11.8 Å². The first-order chi connectivity index (χ1) is 8.69. The third kappa shape index (κ3) is 3.22. The summed E-state index contributed by atoms with van der Waals surface area (Å²) in [5, 5.41) is 12.2. The van der Waals surface area contributed by atoms with Crippen LogP contribution >= 0.6 is 11.8 Å². The molecule has 2 rings (SSSR count). The van der Waals surface area contributed by atoms with E-state index in [1.807, 2.05) is 14.1 Å². The summed E-state index contributed by atoms with van der Waals surface area (Å²) in [7, 11) is 3.72. The number of aromatic nitrogens is 4. The highest BCUT2D eigenvalue weighted by Gasteiger charge is 2.11. The second-order valence-electron chi connectivity index (χ2n) is 3.88. The molecule has 0 aliphatic heterocycles. The van der Waals surface area contributed by atoms with Gasteiger partial charge in [-0.15, -0.1) is 10.2 Å². The van der Waals surface area contributed by atoms with Gasteiger partial charge in [-0.05, 0) is 11.6 Å². The molecule has 0 aromatic carbocycles. The standard InChI is InChI=1S/C10H15N5O2S/c1-4-5-7-12-13-10(16-7)18-6-8-11-9(14-17-8)15(2)3/h4-6H2,1-3H3. The van der Waals surface area contributed by atoms with Gasteiger partial charge in [0, 0.05) is 20.5 Å². The quantitative estimate of drug-likeness (QED) is 0.734. The molecule has 0 saturated carbocycles. The Hall–Kier alpha value is -1.57. The van der Waals surface area contributed by atoms with Crippen molar-refractivity contribution in [1.29, 1.82) is 0 Å². The monoisotopic (exact) mass is 269 g/mol. The molecule has 8 heteroatoms. The van der Waals surface area contributed by atoms with Gasteiger partial charge in [0.25, 0.3) is 11.2 Å². The largest absolute Gasteiger partial charge is 0.416 e. The molecule has 2 aromatic rings. The van der Waals surface area contributed by atoms with Gasteiger partial charge in [0.15, 0.2) is 0 Å². The first-order valence-corrected chi connectivity index (χ1v) is 6.62. The summed E-state index contributed by atoms with van der Waals surface area (Å²) in [6.07, 6.45) is 1.79. The van der Waals surface area contributed by atoms with Gasteiger partial charge < -0.3 is 13.8 Å². The molecule has 0 bridgehead atoms. The van der Waals surface area contributed by atoms with Crippen molar-refractivity contribution in [1.82, 2.24) is 20.3 Å². The van der Waals surface area contributed by atoms with Crippen LogP contribution in [0.25, 0.3) is 0 Å². The van der Waals surface area contributed by atoms with Crippen molar-refractivity contribution in [2.45, 2.75) is 30.7 Å². The summed E-state index contributed by atoms with van der Waals surface area (Å²) in [5.74, 6) is 2.29. The second kappa shape index (κ2) is 5.85. The minimum absolute atomic E-state index is 0.522. The van der Waals surface area contributed by atoms with Gasteiger partial charge in [-0.25, -0.2) is 0 Å². The summed E-state index contributed by atoms with van der Waals surface area (Å²) < 4.78 is 10.5. The number of nitrogens with zero attached hydrogens (tertiary/aromatic N) is 5. The Labute approximate surface area is 109 Å². The zero-order valence-electron chi connectivity index (χ0n) is 10.6. The Balaban J connectivity index is 1.89. The van der Waals surface area contributed by atoms with Gasteiger partial charge >= 0.3 is 0 Å². The molecule has 0 atom stereocenters. The maximum atomic E-state index is 5.44. The predicted molar refractivity (Wildman–Crippen MR) is 66.5 cm³/mol. The lowest BCUT2D eigenvalue weighted by Gasteiger charge is -2.02. The Morgan fingerprint density at radius 1 is 1.22 bits per heavy atom. The SMILES string of the molecule is CCCc1nnc(SCc2nc(N(C)C)no2)o1. The second-order valence-corrected chi connectivity index (χ2v) is 4.81. The summed E-state index contributed by atoms with van der Waals surface area (Å²) in [5.41, 5.74) is 0. The molecular formula is C10H15N5O2S. The molecule has 0 spiro atoms. The van der Waals surface area contributed by atoms with Crippen LogP contribution in [0, 0.1) is 0 Å². The number of rotatable bonds is 6. The number of hydrogen-bond acceptors (Lipinski definition) is 8. The number of hydrogen-bond donors (Lipinski definition) is 0. The first-order valence-electron chi connectivity index (χ1n) is 5.64. The fourth-order valence-corrected chi connectivity index (χ4v) is 1.84. The third-order valence-corrected chi connectivity index (χ3v) is 2.89. The van der Waals surface area contributed by atoms with Gasteiger partial charge in [-0.1, -0.05) is 18.7 Å². The van der Waals surface area contributed by atoms with Crippen molar-refractivity contribution in [2.24, 2.45) is 0 Å². The van der Waals surface area contributed by atoms with E-state index in [2.05, 4.69) is 27.3 Å². The topological polar surface area (TPSA) is 81.1 Å². The molecule has 18 heavy (non-hydrogen) atoms. The van der Waals surface area contributed by atoms with Crippen molar-refractivity contribution in [2.75, 3.05) is 19.0 Å². The summed E-state index contributed by atoms with van der Waals surface area (Å²) >= 11 is 1.39. The number of anilines is 1. The van der Waals surface area contributed by atoms with Crippen LogP contribution < -0.4 is 4.90 Å². The van der Waals surface area contributed by atoms with Crippen molar-refractivity contribution in [3.05, 3.63) is 11.8 Å². The molecule has 0 amide bonds. The van der Waals surface area contributed by atoms with E-state index in [0.29, 0.717) is 28.7 Å². The Morgan fingerprint density at radius 3 is 2.72 bits per heavy atom. The van der Waals surface area contributed by atoms with E-state index in [-0.39, 0.29) is 0 Å². The highest BCUT2D eigenvalue weighted by atomic mass is 32.2. The molecule has 0 aliphatic carbocycles. The highest BCUT2D eigenvalue weighted by molar-refractivity contribution is 7.98. The van der Waals surface area contributed by atoms with Crippen LogP contribution in [0.2, 0.25) is 0 Å². The molecular weight excluding hydrogens is 254 g/mol. The van der Waals surface area contributed by atoms with Crippen LogP contribution in [-0.2, 0) is 12.2 Å². The van der Waals surface area contributed by atoms with Crippen molar-refractivity contribution < 1.29 is 8.94 Å². The van der Waals surface area contributed by atoms with E-state index in [1.54, 1.807) is 4.90 Å². The van der Waals surface area contributed by atoms with E-state index in [4.69, 9.17) is 8.94 Å². The van der Waals surface area contributed by atoms with Gasteiger partial charge in [0.05, 0.1) is 5.75 Å². The highest BCUT2D eigenvalue weighted by Crippen LogP contribution is 2.21. The lowest BCUT2D eigenvalue weighted by Crippen LogP contribution is -2.10. The molecule has 0 unspecified atom stereocenters. The zero-order chi connectivity index (χ0) is 13.0. The molecule has 0 saturated heterocycles. The van der Waals surface area contributed by atoms with Crippen LogP contribution in [0.1, 0.15) is 25.1 Å². The Kier molecular flexibility index (Phi) is 4.19.